The third-order valence-electron chi connectivity index (χ3n) is 7.56. The SMILES string of the molecule is CC/C(=C\c1ccc(CO)o1)CC[C@@H](O)C1=C(C)C[C@H]2C(=O)N(c3cccc([N+](=O)[O-])c3)C(=O)[C@H]2[C@H]1CO. The van der Waals surface area contributed by atoms with E-state index in [2.05, 4.69) is 0 Å². The Balaban J connectivity index is 1.55. The largest absolute Gasteiger partial charge is 0.459 e. The van der Waals surface area contributed by atoms with Gasteiger partial charge in [0.15, 0.2) is 0 Å². The molecule has 2 heterocycles. The predicted octanol–water partition coefficient (Wildman–Crippen LogP) is 3.75. The fourth-order valence-electron chi connectivity index (χ4n) is 5.70. The van der Waals surface area contributed by atoms with Crippen LogP contribution in [0.3, 0.4) is 0 Å². The van der Waals surface area contributed by atoms with Gasteiger partial charge in [-0.25, -0.2) is 4.90 Å². The summed E-state index contributed by atoms with van der Waals surface area (Å²) in [5.74, 6) is -2.21. The number of nitro groups is 1. The molecule has 3 N–H and O–H groups in total. The zero-order chi connectivity index (χ0) is 27.6. The topological polar surface area (TPSA) is 154 Å². The molecule has 1 aromatic heterocycles. The number of benzene rings is 1. The number of hydrogen-bond donors (Lipinski definition) is 3. The Hall–Kier alpha value is -3.60. The molecule has 2 aliphatic rings. The molecule has 10 heteroatoms. The molecule has 2 aromatic rings. The number of non-ortho nitro benzene ring substituents is 1. The molecule has 0 bridgehead atoms. The van der Waals surface area contributed by atoms with Gasteiger partial charge in [-0.2, -0.15) is 0 Å². The zero-order valence-electron chi connectivity index (χ0n) is 21.4. The molecule has 0 unspecified atom stereocenters. The molecule has 10 nitrogen and oxygen atoms in total. The summed E-state index contributed by atoms with van der Waals surface area (Å²) in [6.07, 6.45) is 2.83. The Bertz CT molecular complexity index is 1290. The van der Waals surface area contributed by atoms with Crippen LogP contribution < -0.4 is 4.90 Å². The lowest BCUT2D eigenvalue weighted by molar-refractivity contribution is -0.384. The average molecular weight is 525 g/mol. The summed E-state index contributed by atoms with van der Waals surface area (Å²) in [7, 11) is 0. The van der Waals surface area contributed by atoms with Gasteiger partial charge in [-0.05, 0) is 62.5 Å². The van der Waals surface area contributed by atoms with Gasteiger partial charge in [0.2, 0.25) is 11.8 Å². The van der Waals surface area contributed by atoms with Gasteiger partial charge in [0, 0.05) is 18.1 Å². The van der Waals surface area contributed by atoms with Crippen LogP contribution in [0.1, 0.15) is 51.1 Å². The molecule has 4 rings (SSSR count). The second kappa shape index (κ2) is 11.4. The number of carbonyl (C=O) groups excluding carboxylic acids is 2. The molecule has 1 fully saturated rings. The monoisotopic (exact) mass is 524 g/mol. The van der Waals surface area contributed by atoms with Crippen LogP contribution >= 0.6 is 0 Å². The van der Waals surface area contributed by atoms with Gasteiger partial charge in [-0.15, -0.1) is 0 Å². The normalized spacial score (nSPS) is 22.7. The van der Waals surface area contributed by atoms with Gasteiger partial charge in [0.1, 0.15) is 18.1 Å². The molecule has 1 aliphatic heterocycles. The number of amides is 2. The van der Waals surface area contributed by atoms with E-state index in [4.69, 9.17) is 4.42 Å². The van der Waals surface area contributed by atoms with Crippen LogP contribution in [0.15, 0.2) is 57.5 Å². The lowest BCUT2D eigenvalue weighted by atomic mass is 9.68. The van der Waals surface area contributed by atoms with Gasteiger partial charge in [0.25, 0.3) is 5.69 Å². The van der Waals surface area contributed by atoms with Crippen molar-refractivity contribution in [3.05, 3.63) is 74.8 Å². The van der Waals surface area contributed by atoms with Crippen LogP contribution in [0, 0.1) is 27.9 Å². The number of carbonyl (C=O) groups is 2. The van der Waals surface area contributed by atoms with Gasteiger partial charge in [-0.3, -0.25) is 19.7 Å². The number of aliphatic hydroxyl groups is 3. The molecule has 0 saturated carbocycles. The minimum Gasteiger partial charge on any atom is -0.459 e. The van der Waals surface area contributed by atoms with Crippen molar-refractivity contribution >= 4 is 29.3 Å². The molecule has 38 heavy (non-hydrogen) atoms. The molecule has 1 aromatic carbocycles. The van der Waals surface area contributed by atoms with Crippen LogP contribution in [-0.4, -0.2) is 44.8 Å². The van der Waals surface area contributed by atoms with Crippen LogP contribution in [0.5, 0.6) is 0 Å². The third kappa shape index (κ3) is 5.20. The highest BCUT2D eigenvalue weighted by atomic mass is 16.6. The Morgan fingerprint density at radius 2 is 2.00 bits per heavy atom. The summed E-state index contributed by atoms with van der Waals surface area (Å²) >= 11 is 0. The number of furan rings is 1. The molecule has 0 spiro atoms. The zero-order valence-corrected chi connectivity index (χ0v) is 21.4. The smallest absolute Gasteiger partial charge is 0.271 e. The third-order valence-corrected chi connectivity index (χ3v) is 7.56. The van der Waals surface area contributed by atoms with Crippen molar-refractivity contribution in [2.24, 2.45) is 17.8 Å². The number of nitrogens with zero attached hydrogens (tertiary/aromatic N) is 2. The molecule has 2 amide bonds. The standard InChI is InChI=1S/C28H32N2O8/c1-3-17(12-20-8-9-21(14-31)38-20)7-10-24(33)25-16(2)11-22-26(23(25)15-32)28(35)29(27(22)34)18-5-4-6-19(13-18)30(36)37/h4-6,8-9,12-13,22-24,26,31-33H,3,7,10-11,14-15H2,1-2H3/b17-12+/t22-,23+,24-,26-/m1/s1. The maximum absolute atomic E-state index is 13.5. The van der Waals surface area contributed by atoms with Crippen molar-refractivity contribution in [3.63, 3.8) is 0 Å². The van der Waals surface area contributed by atoms with Crippen LogP contribution in [0.2, 0.25) is 0 Å². The lowest BCUT2D eigenvalue weighted by Crippen LogP contribution is -2.38. The fraction of sp³-hybridized carbons (Fsp3) is 0.429. The van der Waals surface area contributed by atoms with Crippen molar-refractivity contribution in [3.8, 4) is 0 Å². The summed E-state index contributed by atoms with van der Waals surface area (Å²) in [5, 5.41) is 42.0. The van der Waals surface area contributed by atoms with Crippen LogP contribution in [-0.2, 0) is 16.2 Å². The van der Waals surface area contributed by atoms with Gasteiger partial charge in [0.05, 0.1) is 35.2 Å². The van der Waals surface area contributed by atoms with E-state index in [1.807, 2.05) is 13.0 Å². The first-order valence-corrected chi connectivity index (χ1v) is 12.7. The molecule has 1 aliphatic carbocycles. The highest BCUT2D eigenvalue weighted by Gasteiger charge is 2.55. The van der Waals surface area contributed by atoms with E-state index in [9.17, 15) is 35.0 Å². The molecular formula is C28H32N2O8. The number of hydrogen-bond acceptors (Lipinski definition) is 8. The second-order valence-corrected chi connectivity index (χ2v) is 9.82. The van der Waals surface area contributed by atoms with Crippen molar-refractivity contribution in [2.75, 3.05) is 11.5 Å². The van der Waals surface area contributed by atoms with Crippen molar-refractivity contribution in [1.29, 1.82) is 0 Å². The van der Waals surface area contributed by atoms with Crippen molar-refractivity contribution in [2.45, 2.75) is 52.2 Å². The number of rotatable bonds is 10. The van der Waals surface area contributed by atoms with E-state index in [-0.39, 0.29) is 24.4 Å². The molecule has 4 atom stereocenters. The predicted molar refractivity (Wildman–Crippen MR) is 139 cm³/mol. The average Bonchev–Trinajstić information content (AvgIpc) is 3.46. The summed E-state index contributed by atoms with van der Waals surface area (Å²) in [5.41, 5.74) is 2.26. The summed E-state index contributed by atoms with van der Waals surface area (Å²) in [4.78, 5) is 38.4. The number of imide groups is 1. The molecule has 1 saturated heterocycles. The van der Waals surface area contributed by atoms with E-state index in [1.54, 1.807) is 19.1 Å². The lowest BCUT2D eigenvalue weighted by Gasteiger charge is -2.35. The van der Waals surface area contributed by atoms with E-state index in [1.165, 1.54) is 24.3 Å². The van der Waals surface area contributed by atoms with Gasteiger partial charge >= 0.3 is 0 Å². The first-order chi connectivity index (χ1) is 18.2. The Labute approximate surface area is 220 Å². The van der Waals surface area contributed by atoms with E-state index in [0.29, 0.717) is 29.9 Å². The summed E-state index contributed by atoms with van der Waals surface area (Å²) < 4.78 is 5.53. The Morgan fingerprint density at radius 3 is 2.63 bits per heavy atom. The van der Waals surface area contributed by atoms with E-state index < -0.39 is 47.2 Å². The maximum atomic E-state index is 13.5. The Morgan fingerprint density at radius 1 is 1.24 bits per heavy atom. The maximum Gasteiger partial charge on any atom is 0.271 e. The number of nitro benzene ring substituents is 1. The number of anilines is 1. The van der Waals surface area contributed by atoms with E-state index in [0.717, 1.165) is 22.5 Å². The highest BCUT2D eigenvalue weighted by Crippen LogP contribution is 2.47. The van der Waals surface area contributed by atoms with E-state index >= 15 is 0 Å². The molecule has 0 radical (unpaired) electrons. The van der Waals surface area contributed by atoms with Crippen molar-refractivity contribution in [1.82, 2.24) is 0 Å². The van der Waals surface area contributed by atoms with Gasteiger partial charge < -0.3 is 19.7 Å². The minimum atomic E-state index is -0.928. The van der Waals surface area contributed by atoms with Crippen LogP contribution in [0.25, 0.3) is 6.08 Å². The number of aliphatic hydroxyl groups excluding tert-OH is 3. The molecule has 202 valence electrons. The first kappa shape index (κ1) is 27.4. The van der Waals surface area contributed by atoms with Gasteiger partial charge in [-0.1, -0.05) is 24.1 Å². The van der Waals surface area contributed by atoms with Crippen LogP contribution in [0.4, 0.5) is 11.4 Å². The fourth-order valence-corrected chi connectivity index (χ4v) is 5.70. The molecular weight excluding hydrogens is 492 g/mol. The highest BCUT2D eigenvalue weighted by molar-refractivity contribution is 6.22. The second-order valence-electron chi connectivity index (χ2n) is 9.82. The first-order valence-electron chi connectivity index (χ1n) is 12.7. The van der Waals surface area contributed by atoms with Crippen molar-refractivity contribution < 1.29 is 34.2 Å². The summed E-state index contributed by atoms with van der Waals surface area (Å²) in [6, 6.07) is 8.84. The quantitative estimate of drug-likeness (QED) is 0.184. The number of allylic oxidation sites excluding steroid dienone is 2. The number of fused-ring (bicyclic) bond motifs is 1. The minimum absolute atomic E-state index is 0.125. The Kier molecular flexibility index (Phi) is 8.25. The summed E-state index contributed by atoms with van der Waals surface area (Å²) in [6.45, 7) is 3.19.